The fourth-order valence-corrected chi connectivity index (χ4v) is 3.24. The largest absolute Gasteiger partial charge is 0.357 e. The van der Waals surface area contributed by atoms with Crippen molar-refractivity contribution >= 4 is 23.2 Å². The summed E-state index contributed by atoms with van der Waals surface area (Å²) in [5, 5.41) is 3.76. The van der Waals surface area contributed by atoms with Gasteiger partial charge < -0.3 is 10.2 Å². The number of hydrogen-bond donors (Lipinski definition) is 1. The molecule has 3 rings (SSSR count). The fraction of sp³-hybridized carbons (Fsp3) is 0.333. The molecular formula is C18H20ClN3O. The highest BCUT2D eigenvalue weighted by atomic mass is 35.5. The van der Waals surface area contributed by atoms with E-state index < -0.39 is 5.54 Å². The lowest BCUT2D eigenvalue weighted by Crippen LogP contribution is -2.53. The van der Waals surface area contributed by atoms with Crippen molar-refractivity contribution in [2.75, 3.05) is 11.4 Å². The molecule has 4 nitrogen and oxygen atoms in total. The first-order chi connectivity index (χ1) is 11.1. The number of amides is 1. The Morgan fingerprint density at radius 2 is 1.96 bits per heavy atom. The lowest BCUT2D eigenvalue weighted by molar-refractivity contribution is -0.125. The van der Waals surface area contributed by atoms with E-state index in [1.165, 1.54) is 0 Å². The van der Waals surface area contributed by atoms with Gasteiger partial charge >= 0.3 is 0 Å². The first kappa shape index (κ1) is 15.8. The van der Waals surface area contributed by atoms with E-state index in [2.05, 4.69) is 15.2 Å². The zero-order chi connectivity index (χ0) is 16.3. The molecule has 5 heteroatoms. The number of nitrogens with zero attached hydrogens (tertiary/aromatic N) is 2. The quantitative estimate of drug-likeness (QED) is 0.935. The molecule has 1 aromatic heterocycles. The number of rotatable bonds is 4. The molecule has 0 unspecified atom stereocenters. The summed E-state index contributed by atoms with van der Waals surface area (Å²) in [5.41, 5.74) is 1.56. The van der Waals surface area contributed by atoms with Gasteiger partial charge in [0.2, 0.25) is 5.91 Å². The molecule has 1 aliphatic rings. The van der Waals surface area contributed by atoms with Gasteiger partial charge in [-0.1, -0.05) is 23.7 Å². The van der Waals surface area contributed by atoms with Gasteiger partial charge in [0, 0.05) is 36.2 Å². The van der Waals surface area contributed by atoms with Crippen LogP contribution in [0, 0.1) is 0 Å². The SMILES string of the molecule is C[C@@]1(C(=O)NCc2ccc(Cl)cc2)CCCN1c1ccncc1. The van der Waals surface area contributed by atoms with E-state index in [0.29, 0.717) is 11.6 Å². The number of pyridine rings is 1. The molecule has 120 valence electrons. The Morgan fingerprint density at radius 3 is 2.65 bits per heavy atom. The molecule has 0 radical (unpaired) electrons. The number of nitrogens with one attached hydrogen (secondary N) is 1. The topological polar surface area (TPSA) is 45.2 Å². The Bertz CT molecular complexity index is 674. The molecule has 1 aliphatic heterocycles. The normalized spacial score (nSPS) is 20.5. The van der Waals surface area contributed by atoms with Crippen LogP contribution in [0.1, 0.15) is 25.3 Å². The van der Waals surface area contributed by atoms with Crippen LogP contribution in [-0.4, -0.2) is 23.0 Å². The molecule has 1 aromatic carbocycles. The number of halogens is 1. The van der Waals surface area contributed by atoms with E-state index in [1.54, 1.807) is 12.4 Å². The second-order valence-corrected chi connectivity index (χ2v) is 6.48. The van der Waals surface area contributed by atoms with E-state index in [-0.39, 0.29) is 5.91 Å². The van der Waals surface area contributed by atoms with Crippen molar-refractivity contribution in [3.8, 4) is 0 Å². The van der Waals surface area contributed by atoms with E-state index in [9.17, 15) is 4.79 Å². The molecule has 0 bridgehead atoms. The van der Waals surface area contributed by atoms with Crippen LogP contribution in [0.5, 0.6) is 0 Å². The molecule has 23 heavy (non-hydrogen) atoms. The first-order valence-corrected chi connectivity index (χ1v) is 8.18. The maximum absolute atomic E-state index is 12.8. The second-order valence-electron chi connectivity index (χ2n) is 6.04. The smallest absolute Gasteiger partial charge is 0.245 e. The minimum absolute atomic E-state index is 0.0572. The van der Waals surface area contributed by atoms with Crippen molar-refractivity contribution in [3.05, 3.63) is 59.4 Å². The van der Waals surface area contributed by atoms with Crippen LogP contribution < -0.4 is 10.2 Å². The van der Waals surface area contributed by atoms with E-state index in [4.69, 9.17) is 11.6 Å². The first-order valence-electron chi connectivity index (χ1n) is 7.80. The lowest BCUT2D eigenvalue weighted by atomic mass is 9.97. The zero-order valence-electron chi connectivity index (χ0n) is 13.1. The average Bonchev–Trinajstić information content (AvgIpc) is 2.98. The van der Waals surface area contributed by atoms with Crippen molar-refractivity contribution in [2.45, 2.75) is 31.8 Å². The molecule has 0 saturated carbocycles. The third kappa shape index (κ3) is 3.32. The summed E-state index contributed by atoms with van der Waals surface area (Å²) in [6, 6.07) is 11.4. The van der Waals surface area contributed by atoms with Crippen molar-refractivity contribution < 1.29 is 4.79 Å². The van der Waals surface area contributed by atoms with Crippen LogP contribution >= 0.6 is 11.6 Å². The van der Waals surface area contributed by atoms with E-state index >= 15 is 0 Å². The second kappa shape index (κ2) is 6.59. The molecule has 1 N–H and O–H groups in total. The van der Waals surface area contributed by atoms with Gasteiger partial charge in [-0.25, -0.2) is 0 Å². The van der Waals surface area contributed by atoms with Gasteiger partial charge in [0.25, 0.3) is 0 Å². The Hall–Kier alpha value is -2.07. The maximum Gasteiger partial charge on any atom is 0.245 e. The minimum Gasteiger partial charge on any atom is -0.357 e. The van der Waals surface area contributed by atoms with Gasteiger partial charge in [-0.15, -0.1) is 0 Å². The summed E-state index contributed by atoms with van der Waals surface area (Å²) < 4.78 is 0. The molecule has 0 aliphatic carbocycles. The number of anilines is 1. The minimum atomic E-state index is -0.520. The predicted molar refractivity (Wildman–Crippen MR) is 92.5 cm³/mol. The third-order valence-corrected chi connectivity index (χ3v) is 4.72. The van der Waals surface area contributed by atoms with Gasteiger partial charge in [0.15, 0.2) is 0 Å². The number of carbonyl (C=O) groups excluding carboxylic acids is 1. The van der Waals surface area contributed by atoms with Gasteiger partial charge in [-0.05, 0) is 49.6 Å². The molecule has 2 heterocycles. The standard InChI is InChI=1S/C18H20ClN3O/c1-18(9-2-12-22(18)16-7-10-20-11-8-16)17(23)21-13-14-3-5-15(19)6-4-14/h3-8,10-11H,2,9,12-13H2,1H3,(H,21,23)/t18-/m0/s1. The van der Waals surface area contributed by atoms with Gasteiger partial charge in [0.1, 0.15) is 5.54 Å². The number of carbonyl (C=O) groups is 1. The van der Waals surface area contributed by atoms with E-state index in [0.717, 1.165) is 30.6 Å². The van der Waals surface area contributed by atoms with Crippen molar-refractivity contribution in [3.63, 3.8) is 0 Å². The van der Waals surface area contributed by atoms with Crippen LogP contribution in [0.4, 0.5) is 5.69 Å². The van der Waals surface area contributed by atoms with Gasteiger partial charge in [-0.3, -0.25) is 9.78 Å². The summed E-state index contributed by atoms with van der Waals surface area (Å²) >= 11 is 5.89. The van der Waals surface area contributed by atoms with E-state index in [1.807, 2.05) is 43.3 Å². The van der Waals surface area contributed by atoms with Crippen molar-refractivity contribution in [1.29, 1.82) is 0 Å². The maximum atomic E-state index is 12.8. The summed E-state index contributed by atoms with van der Waals surface area (Å²) in [6.45, 7) is 3.41. The summed E-state index contributed by atoms with van der Waals surface area (Å²) in [6.07, 6.45) is 5.38. The number of hydrogen-bond acceptors (Lipinski definition) is 3. The van der Waals surface area contributed by atoms with Crippen molar-refractivity contribution in [2.24, 2.45) is 0 Å². The number of aromatic nitrogens is 1. The zero-order valence-corrected chi connectivity index (χ0v) is 13.9. The predicted octanol–water partition coefficient (Wildman–Crippen LogP) is 3.41. The molecule has 1 amide bonds. The fourth-order valence-electron chi connectivity index (χ4n) is 3.11. The van der Waals surface area contributed by atoms with Crippen molar-refractivity contribution in [1.82, 2.24) is 10.3 Å². The van der Waals surface area contributed by atoms with Crippen LogP contribution in [0.2, 0.25) is 5.02 Å². The highest BCUT2D eigenvalue weighted by molar-refractivity contribution is 6.30. The monoisotopic (exact) mass is 329 g/mol. The summed E-state index contributed by atoms with van der Waals surface area (Å²) in [5.74, 6) is 0.0572. The Morgan fingerprint density at radius 1 is 1.26 bits per heavy atom. The highest BCUT2D eigenvalue weighted by Crippen LogP contribution is 2.33. The van der Waals surface area contributed by atoms with Crippen LogP contribution in [0.15, 0.2) is 48.8 Å². The molecule has 1 saturated heterocycles. The number of benzene rings is 1. The van der Waals surface area contributed by atoms with Crippen LogP contribution in [0.25, 0.3) is 0 Å². The van der Waals surface area contributed by atoms with Crippen LogP contribution in [-0.2, 0) is 11.3 Å². The molecular weight excluding hydrogens is 310 g/mol. The molecule has 1 fully saturated rings. The summed E-state index contributed by atoms with van der Waals surface area (Å²) in [4.78, 5) is 19.0. The lowest BCUT2D eigenvalue weighted by Gasteiger charge is -2.35. The van der Waals surface area contributed by atoms with Gasteiger partial charge in [0.05, 0.1) is 0 Å². The summed E-state index contributed by atoms with van der Waals surface area (Å²) in [7, 11) is 0. The molecule has 0 spiro atoms. The molecule has 1 atom stereocenters. The van der Waals surface area contributed by atoms with Gasteiger partial charge in [-0.2, -0.15) is 0 Å². The average molecular weight is 330 g/mol. The molecule has 2 aromatic rings. The Labute approximate surface area is 141 Å². The highest BCUT2D eigenvalue weighted by Gasteiger charge is 2.43. The third-order valence-electron chi connectivity index (χ3n) is 4.47. The van der Waals surface area contributed by atoms with Crippen LogP contribution in [0.3, 0.4) is 0 Å². The Kier molecular flexibility index (Phi) is 4.53. The Balaban J connectivity index is 1.71.